The molecule has 2 rings (SSSR count). The molecule has 2 heterocycles. The van der Waals surface area contributed by atoms with Gasteiger partial charge in [0.05, 0.1) is 6.54 Å². The van der Waals surface area contributed by atoms with Crippen molar-refractivity contribution >= 4 is 23.6 Å². The summed E-state index contributed by atoms with van der Waals surface area (Å²) in [6, 6.07) is 0. The van der Waals surface area contributed by atoms with Crippen molar-refractivity contribution < 1.29 is 19.4 Å². The topological polar surface area (TPSA) is 66.8 Å². The molecule has 2 fully saturated rings. The fraction of sp³-hybridized carbons (Fsp3) is 0.818. The van der Waals surface area contributed by atoms with Gasteiger partial charge in [-0.25, -0.2) is 4.79 Å². The Morgan fingerprint density at radius 3 is 2.82 bits per heavy atom. The van der Waals surface area contributed by atoms with Crippen LogP contribution in [0, 0.1) is 5.92 Å². The van der Waals surface area contributed by atoms with E-state index in [1.165, 1.54) is 0 Å². The maximum absolute atomic E-state index is 11.6. The second kappa shape index (κ2) is 5.73. The quantitative estimate of drug-likeness (QED) is 0.796. The first-order chi connectivity index (χ1) is 8.16. The van der Waals surface area contributed by atoms with Crippen LogP contribution < -0.4 is 0 Å². The molecule has 2 saturated heterocycles. The second-order valence-corrected chi connectivity index (χ2v) is 5.72. The minimum atomic E-state index is -0.985. The van der Waals surface area contributed by atoms with Gasteiger partial charge < -0.3 is 14.7 Å². The molecule has 1 unspecified atom stereocenters. The number of hydrogen-bond acceptors (Lipinski definition) is 4. The number of amides is 1. The van der Waals surface area contributed by atoms with E-state index in [1.54, 1.807) is 4.90 Å². The lowest BCUT2D eigenvalue weighted by Crippen LogP contribution is -2.51. The SMILES string of the molecule is O=C(O)C1CN(CC2CCSCC2)C(=O)CO1. The van der Waals surface area contributed by atoms with Gasteiger partial charge in [0.1, 0.15) is 6.61 Å². The van der Waals surface area contributed by atoms with Gasteiger partial charge in [-0.2, -0.15) is 11.8 Å². The molecule has 0 aromatic carbocycles. The molecule has 0 aromatic heterocycles. The molecule has 0 radical (unpaired) electrons. The lowest BCUT2D eigenvalue weighted by Gasteiger charge is -2.34. The van der Waals surface area contributed by atoms with Gasteiger partial charge in [0.15, 0.2) is 6.10 Å². The van der Waals surface area contributed by atoms with Crippen molar-refractivity contribution in [1.29, 1.82) is 0 Å². The fourth-order valence-corrected chi connectivity index (χ4v) is 3.39. The van der Waals surface area contributed by atoms with Crippen molar-refractivity contribution in [3.63, 3.8) is 0 Å². The van der Waals surface area contributed by atoms with Crippen LogP contribution in [0.1, 0.15) is 12.8 Å². The van der Waals surface area contributed by atoms with E-state index in [0.717, 1.165) is 24.3 Å². The number of aliphatic carboxylic acids is 1. The van der Waals surface area contributed by atoms with Crippen molar-refractivity contribution in [2.75, 3.05) is 31.2 Å². The summed E-state index contributed by atoms with van der Waals surface area (Å²) in [5.74, 6) is 1.74. The zero-order valence-electron chi connectivity index (χ0n) is 9.63. The highest BCUT2D eigenvalue weighted by atomic mass is 32.2. The number of carboxylic acid groups (broad SMARTS) is 1. The lowest BCUT2D eigenvalue weighted by molar-refractivity contribution is -0.165. The Hall–Kier alpha value is -0.750. The van der Waals surface area contributed by atoms with E-state index in [2.05, 4.69) is 0 Å². The monoisotopic (exact) mass is 259 g/mol. The first-order valence-electron chi connectivity index (χ1n) is 5.86. The van der Waals surface area contributed by atoms with E-state index in [9.17, 15) is 9.59 Å². The van der Waals surface area contributed by atoms with Gasteiger partial charge in [0.2, 0.25) is 5.91 Å². The van der Waals surface area contributed by atoms with Crippen molar-refractivity contribution in [1.82, 2.24) is 4.90 Å². The molecule has 1 N–H and O–H groups in total. The maximum atomic E-state index is 11.6. The normalized spacial score (nSPS) is 27.2. The van der Waals surface area contributed by atoms with E-state index in [0.29, 0.717) is 12.5 Å². The van der Waals surface area contributed by atoms with Crippen LogP contribution in [0.3, 0.4) is 0 Å². The van der Waals surface area contributed by atoms with Crippen LogP contribution in [0.25, 0.3) is 0 Å². The standard InChI is InChI=1S/C11H17NO4S/c13-10-7-16-9(11(14)15)6-12(10)5-8-1-3-17-4-2-8/h8-9H,1-7H2,(H,14,15). The number of carbonyl (C=O) groups is 2. The molecular weight excluding hydrogens is 242 g/mol. The summed E-state index contributed by atoms with van der Waals surface area (Å²) in [5.41, 5.74) is 0. The van der Waals surface area contributed by atoms with Crippen LogP contribution >= 0.6 is 11.8 Å². The van der Waals surface area contributed by atoms with Crippen molar-refractivity contribution in [3.8, 4) is 0 Å². The van der Waals surface area contributed by atoms with Gasteiger partial charge in [0.25, 0.3) is 0 Å². The van der Waals surface area contributed by atoms with E-state index in [4.69, 9.17) is 9.84 Å². The summed E-state index contributed by atoms with van der Waals surface area (Å²) in [7, 11) is 0. The van der Waals surface area contributed by atoms with Gasteiger partial charge in [-0.05, 0) is 30.3 Å². The van der Waals surface area contributed by atoms with Gasteiger partial charge >= 0.3 is 5.97 Å². The van der Waals surface area contributed by atoms with Crippen LogP contribution in [0.4, 0.5) is 0 Å². The molecule has 2 aliphatic rings. The summed E-state index contributed by atoms with van der Waals surface area (Å²) in [4.78, 5) is 24.1. The molecule has 1 atom stereocenters. The highest BCUT2D eigenvalue weighted by Crippen LogP contribution is 2.24. The summed E-state index contributed by atoms with van der Waals surface area (Å²) >= 11 is 1.94. The zero-order valence-corrected chi connectivity index (χ0v) is 10.4. The van der Waals surface area contributed by atoms with Gasteiger partial charge in [0, 0.05) is 6.54 Å². The van der Waals surface area contributed by atoms with Gasteiger partial charge in [-0.3, -0.25) is 4.79 Å². The number of nitrogens with zero attached hydrogens (tertiary/aromatic N) is 1. The Labute approximate surface area is 104 Å². The van der Waals surface area contributed by atoms with Crippen molar-refractivity contribution in [2.45, 2.75) is 18.9 Å². The molecule has 17 heavy (non-hydrogen) atoms. The molecule has 1 amide bonds. The highest BCUT2D eigenvalue weighted by molar-refractivity contribution is 7.99. The molecule has 6 heteroatoms. The van der Waals surface area contributed by atoms with Crippen LogP contribution in [0.15, 0.2) is 0 Å². The number of ether oxygens (including phenoxy) is 1. The predicted octanol–water partition coefficient (Wildman–Crippen LogP) is 0.442. The number of carbonyl (C=O) groups excluding carboxylic acids is 1. The highest BCUT2D eigenvalue weighted by Gasteiger charge is 2.32. The Morgan fingerprint density at radius 2 is 2.18 bits per heavy atom. The van der Waals surface area contributed by atoms with Gasteiger partial charge in [-0.15, -0.1) is 0 Å². The minimum Gasteiger partial charge on any atom is -0.479 e. The Kier molecular flexibility index (Phi) is 4.28. The second-order valence-electron chi connectivity index (χ2n) is 4.49. The molecule has 5 nitrogen and oxygen atoms in total. The Balaban J connectivity index is 1.88. The molecular formula is C11H17NO4S. The third-order valence-electron chi connectivity index (χ3n) is 3.24. The molecule has 0 aliphatic carbocycles. The van der Waals surface area contributed by atoms with Crippen LogP contribution in [0.5, 0.6) is 0 Å². The predicted molar refractivity (Wildman–Crippen MR) is 64.0 cm³/mol. The molecule has 0 spiro atoms. The first-order valence-corrected chi connectivity index (χ1v) is 7.02. The van der Waals surface area contributed by atoms with E-state index >= 15 is 0 Å². The zero-order chi connectivity index (χ0) is 12.3. The molecule has 96 valence electrons. The van der Waals surface area contributed by atoms with Crippen molar-refractivity contribution in [2.24, 2.45) is 5.92 Å². The summed E-state index contributed by atoms with van der Waals surface area (Å²) in [6.45, 7) is 0.781. The third-order valence-corrected chi connectivity index (χ3v) is 4.29. The lowest BCUT2D eigenvalue weighted by atomic mass is 10.0. The third kappa shape index (κ3) is 3.35. The molecule has 0 aromatic rings. The average molecular weight is 259 g/mol. The average Bonchev–Trinajstić information content (AvgIpc) is 2.33. The molecule has 0 bridgehead atoms. The van der Waals surface area contributed by atoms with Crippen LogP contribution in [-0.4, -0.2) is 59.2 Å². The Morgan fingerprint density at radius 1 is 1.47 bits per heavy atom. The number of thioether (sulfide) groups is 1. The maximum Gasteiger partial charge on any atom is 0.334 e. The van der Waals surface area contributed by atoms with Crippen molar-refractivity contribution in [3.05, 3.63) is 0 Å². The van der Waals surface area contributed by atoms with Crippen LogP contribution in [-0.2, 0) is 14.3 Å². The smallest absolute Gasteiger partial charge is 0.334 e. The van der Waals surface area contributed by atoms with Gasteiger partial charge in [-0.1, -0.05) is 0 Å². The molecule has 0 saturated carbocycles. The van der Waals surface area contributed by atoms with E-state index in [1.807, 2.05) is 11.8 Å². The minimum absolute atomic E-state index is 0.0827. The Bertz CT molecular complexity index is 304. The molecule has 2 aliphatic heterocycles. The number of rotatable bonds is 3. The number of carboxylic acids is 1. The van der Waals surface area contributed by atoms with Crippen LogP contribution in [0.2, 0.25) is 0 Å². The fourth-order valence-electron chi connectivity index (χ4n) is 2.18. The number of morpholine rings is 1. The summed E-state index contributed by atoms with van der Waals surface area (Å²) in [5, 5.41) is 8.88. The first kappa shape index (κ1) is 12.7. The largest absolute Gasteiger partial charge is 0.479 e. The summed E-state index contributed by atoms with van der Waals surface area (Å²) < 4.78 is 4.98. The number of hydrogen-bond donors (Lipinski definition) is 1. The van der Waals surface area contributed by atoms with E-state index in [-0.39, 0.29) is 19.1 Å². The summed E-state index contributed by atoms with van der Waals surface area (Å²) in [6.07, 6.45) is 1.38. The van der Waals surface area contributed by atoms with E-state index < -0.39 is 12.1 Å².